The van der Waals surface area contributed by atoms with Gasteiger partial charge in [0.25, 0.3) is 5.91 Å². The van der Waals surface area contributed by atoms with Crippen LogP contribution in [-0.4, -0.2) is 35.8 Å². The third-order valence-electron chi connectivity index (χ3n) is 4.54. The van der Waals surface area contributed by atoms with Gasteiger partial charge in [-0.05, 0) is 37.5 Å². The van der Waals surface area contributed by atoms with E-state index in [1.54, 1.807) is 24.3 Å². The molecule has 0 radical (unpaired) electrons. The topological polar surface area (TPSA) is 73.2 Å². The predicted octanol–water partition coefficient (Wildman–Crippen LogP) is 1.69. The Kier molecular flexibility index (Phi) is 4.10. The van der Waals surface area contributed by atoms with Crippen molar-refractivity contribution in [1.29, 1.82) is 5.26 Å². The van der Waals surface area contributed by atoms with Gasteiger partial charge < -0.3 is 10.2 Å². The van der Waals surface area contributed by atoms with Crippen LogP contribution < -0.4 is 5.32 Å². The fourth-order valence-electron chi connectivity index (χ4n) is 2.99. The van der Waals surface area contributed by atoms with E-state index in [0.717, 1.165) is 32.2 Å². The van der Waals surface area contributed by atoms with E-state index in [2.05, 4.69) is 5.32 Å². The van der Waals surface area contributed by atoms with E-state index >= 15 is 0 Å². The van der Waals surface area contributed by atoms with Crippen molar-refractivity contribution in [3.8, 4) is 6.07 Å². The third-order valence-corrected chi connectivity index (χ3v) is 4.54. The van der Waals surface area contributed by atoms with Gasteiger partial charge in [-0.2, -0.15) is 5.26 Å². The van der Waals surface area contributed by atoms with E-state index in [-0.39, 0.29) is 23.8 Å². The lowest BCUT2D eigenvalue weighted by molar-refractivity contribution is -0.137. The first-order chi connectivity index (χ1) is 10.7. The Morgan fingerprint density at radius 3 is 2.77 bits per heavy atom. The average Bonchev–Trinajstić information content (AvgIpc) is 2.94. The van der Waals surface area contributed by atoms with E-state index < -0.39 is 0 Å². The first-order valence-corrected chi connectivity index (χ1v) is 7.77. The molecule has 1 aliphatic heterocycles. The molecule has 1 heterocycles. The number of hydrogen-bond acceptors (Lipinski definition) is 3. The molecule has 5 nitrogen and oxygen atoms in total. The number of carbonyl (C=O) groups is 2. The van der Waals surface area contributed by atoms with Crippen LogP contribution in [0.2, 0.25) is 0 Å². The Bertz CT molecular complexity index is 631. The van der Waals surface area contributed by atoms with Crippen LogP contribution in [0.4, 0.5) is 0 Å². The van der Waals surface area contributed by atoms with Crippen molar-refractivity contribution in [3.05, 3.63) is 35.4 Å². The zero-order valence-electron chi connectivity index (χ0n) is 12.4. The van der Waals surface area contributed by atoms with Crippen LogP contribution >= 0.6 is 0 Å². The quantitative estimate of drug-likeness (QED) is 0.922. The molecule has 0 spiro atoms. The minimum absolute atomic E-state index is 0.00210. The number of likely N-dealkylation sites (tertiary alicyclic amines) is 1. The first-order valence-electron chi connectivity index (χ1n) is 7.77. The second-order valence-corrected chi connectivity index (χ2v) is 6.06. The minimum Gasteiger partial charge on any atom is -0.347 e. The minimum atomic E-state index is -0.181. The van der Waals surface area contributed by atoms with Crippen LogP contribution in [-0.2, 0) is 4.79 Å². The summed E-state index contributed by atoms with van der Waals surface area (Å²) in [7, 11) is 0. The summed E-state index contributed by atoms with van der Waals surface area (Å²) >= 11 is 0. The fourth-order valence-corrected chi connectivity index (χ4v) is 2.99. The van der Waals surface area contributed by atoms with Gasteiger partial charge in [0, 0.05) is 30.6 Å². The molecule has 1 aromatic carbocycles. The average molecular weight is 297 g/mol. The highest BCUT2D eigenvalue weighted by atomic mass is 16.2. The predicted molar refractivity (Wildman–Crippen MR) is 80.9 cm³/mol. The van der Waals surface area contributed by atoms with Crippen molar-refractivity contribution in [3.63, 3.8) is 0 Å². The van der Waals surface area contributed by atoms with E-state index in [1.165, 1.54) is 0 Å². The summed E-state index contributed by atoms with van der Waals surface area (Å²) in [6, 6.07) is 8.69. The van der Waals surface area contributed by atoms with Crippen LogP contribution in [0.15, 0.2) is 24.3 Å². The summed E-state index contributed by atoms with van der Waals surface area (Å²) in [5.74, 6) is 0.274. The molecular weight excluding hydrogens is 278 g/mol. The first kappa shape index (κ1) is 14.6. The normalized spacial score (nSPS) is 21.0. The van der Waals surface area contributed by atoms with E-state index in [0.29, 0.717) is 17.7 Å². The maximum absolute atomic E-state index is 12.2. The summed E-state index contributed by atoms with van der Waals surface area (Å²) in [6.07, 6.45) is 3.96. The summed E-state index contributed by atoms with van der Waals surface area (Å²) < 4.78 is 0. The van der Waals surface area contributed by atoms with Gasteiger partial charge in [-0.1, -0.05) is 12.5 Å². The van der Waals surface area contributed by atoms with Crippen LogP contribution in [0.1, 0.15) is 41.6 Å². The summed E-state index contributed by atoms with van der Waals surface area (Å²) in [5, 5.41) is 11.8. The number of benzene rings is 1. The second kappa shape index (κ2) is 6.18. The molecule has 1 atom stereocenters. The maximum Gasteiger partial charge on any atom is 0.251 e. The maximum atomic E-state index is 12.2. The van der Waals surface area contributed by atoms with Crippen molar-refractivity contribution in [2.45, 2.75) is 31.7 Å². The molecule has 1 saturated carbocycles. The highest BCUT2D eigenvalue weighted by molar-refractivity contribution is 5.94. The number of rotatable bonds is 3. The van der Waals surface area contributed by atoms with Crippen LogP contribution in [0, 0.1) is 17.2 Å². The standard InChI is InChI=1S/C17H19N3O2/c18-10-12-3-1-6-14(9-12)16(21)19-15-7-8-20(11-15)17(22)13-4-2-5-13/h1,3,6,9,13,15H,2,4-5,7-8,11H2,(H,19,21)/t15-/m1/s1. The van der Waals surface area contributed by atoms with Gasteiger partial charge in [-0.25, -0.2) is 0 Å². The highest BCUT2D eigenvalue weighted by Crippen LogP contribution is 2.29. The number of nitriles is 1. The molecule has 1 aromatic rings. The Balaban J connectivity index is 1.56. The summed E-state index contributed by atoms with van der Waals surface area (Å²) in [4.78, 5) is 26.3. The molecule has 114 valence electrons. The van der Waals surface area contributed by atoms with Crippen molar-refractivity contribution in [2.24, 2.45) is 5.92 Å². The van der Waals surface area contributed by atoms with Crippen LogP contribution in [0.25, 0.3) is 0 Å². The van der Waals surface area contributed by atoms with Crippen molar-refractivity contribution < 1.29 is 9.59 Å². The zero-order chi connectivity index (χ0) is 15.5. The van der Waals surface area contributed by atoms with E-state index in [1.807, 2.05) is 11.0 Å². The molecule has 0 bridgehead atoms. The van der Waals surface area contributed by atoms with E-state index in [4.69, 9.17) is 5.26 Å². The zero-order valence-corrected chi connectivity index (χ0v) is 12.4. The van der Waals surface area contributed by atoms with Crippen molar-refractivity contribution >= 4 is 11.8 Å². The van der Waals surface area contributed by atoms with Crippen LogP contribution in [0.5, 0.6) is 0 Å². The molecule has 1 N–H and O–H groups in total. The lowest BCUT2D eigenvalue weighted by Gasteiger charge is -2.29. The number of nitrogens with one attached hydrogen (secondary N) is 1. The van der Waals surface area contributed by atoms with E-state index in [9.17, 15) is 9.59 Å². The Morgan fingerprint density at radius 2 is 2.09 bits per heavy atom. The molecule has 0 aromatic heterocycles. The van der Waals surface area contributed by atoms with Gasteiger partial charge in [0.1, 0.15) is 0 Å². The number of amides is 2. The van der Waals surface area contributed by atoms with Gasteiger partial charge in [-0.15, -0.1) is 0 Å². The molecular formula is C17H19N3O2. The molecule has 22 heavy (non-hydrogen) atoms. The number of nitrogens with zero attached hydrogens (tertiary/aromatic N) is 2. The lowest BCUT2D eigenvalue weighted by Crippen LogP contribution is -2.41. The Hall–Kier alpha value is -2.35. The van der Waals surface area contributed by atoms with Gasteiger partial charge >= 0.3 is 0 Å². The summed E-state index contributed by atoms with van der Waals surface area (Å²) in [5.41, 5.74) is 0.962. The molecule has 1 saturated heterocycles. The molecule has 2 aliphatic rings. The largest absolute Gasteiger partial charge is 0.347 e. The SMILES string of the molecule is N#Cc1cccc(C(=O)N[C@@H]2CCN(C(=O)C3CCC3)C2)c1. The Morgan fingerprint density at radius 1 is 1.27 bits per heavy atom. The molecule has 2 amide bonds. The van der Waals surface area contributed by atoms with Crippen LogP contribution in [0.3, 0.4) is 0 Å². The summed E-state index contributed by atoms with van der Waals surface area (Å²) in [6.45, 7) is 1.32. The third kappa shape index (κ3) is 2.96. The van der Waals surface area contributed by atoms with Gasteiger partial charge in [0.15, 0.2) is 0 Å². The number of carbonyl (C=O) groups excluding carboxylic acids is 2. The lowest BCUT2D eigenvalue weighted by atomic mass is 9.84. The molecule has 2 fully saturated rings. The highest BCUT2D eigenvalue weighted by Gasteiger charge is 2.34. The molecule has 3 rings (SSSR count). The Labute approximate surface area is 129 Å². The number of hydrogen-bond donors (Lipinski definition) is 1. The van der Waals surface area contributed by atoms with Gasteiger partial charge in [0.05, 0.1) is 11.6 Å². The fraction of sp³-hybridized carbons (Fsp3) is 0.471. The molecule has 1 aliphatic carbocycles. The smallest absolute Gasteiger partial charge is 0.251 e. The monoisotopic (exact) mass is 297 g/mol. The second-order valence-electron chi connectivity index (χ2n) is 6.06. The van der Waals surface area contributed by atoms with Crippen molar-refractivity contribution in [2.75, 3.05) is 13.1 Å². The van der Waals surface area contributed by atoms with Gasteiger partial charge in [0.2, 0.25) is 5.91 Å². The molecule has 5 heteroatoms. The molecule has 0 unspecified atom stereocenters. The van der Waals surface area contributed by atoms with Gasteiger partial charge in [-0.3, -0.25) is 9.59 Å². The van der Waals surface area contributed by atoms with Crippen molar-refractivity contribution in [1.82, 2.24) is 10.2 Å².